The van der Waals surface area contributed by atoms with Gasteiger partial charge in [-0.25, -0.2) is 4.39 Å². The zero-order chi connectivity index (χ0) is 30.3. The van der Waals surface area contributed by atoms with Crippen LogP contribution in [0.25, 0.3) is 10.8 Å². The molecule has 2 N–H and O–H groups in total. The zero-order valence-electron chi connectivity index (χ0n) is 25.7. The van der Waals surface area contributed by atoms with Gasteiger partial charge in [0.15, 0.2) is 0 Å². The van der Waals surface area contributed by atoms with E-state index in [1.807, 2.05) is 24.3 Å². The summed E-state index contributed by atoms with van der Waals surface area (Å²) in [6, 6.07) is 11.2. The molecule has 0 spiro atoms. The number of aromatic nitrogens is 2. The summed E-state index contributed by atoms with van der Waals surface area (Å²) in [4.78, 5) is 17.4. The number of alkyl halides is 1. The maximum absolute atomic E-state index is 15.0. The van der Waals surface area contributed by atoms with E-state index < -0.39 is 6.17 Å². The van der Waals surface area contributed by atoms with E-state index in [2.05, 4.69) is 20.0 Å². The number of ether oxygens (including phenoxy) is 1. The average molecular weight is 633 g/mol. The van der Waals surface area contributed by atoms with Crippen molar-refractivity contribution in [2.45, 2.75) is 94.2 Å². The fourth-order valence-corrected chi connectivity index (χ4v) is 10.2. The number of piperazine rings is 1. The van der Waals surface area contributed by atoms with Crippen LogP contribution in [0.15, 0.2) is 30.3 Å². The van der Waals surface area contributed by atoms with E-state index in [0.717, 1.165) is 60.4 Å². The van der Waals surface area contributed by atoms with Gasteiger partial charge in [-0.1, -0.05) is 36.6 Å². The van der Waals surface area contributed by atoms with E-state index >= 15 is 0 Å². The monoisotopic (exact) mass is 632 g/mol. The zero-order valence-corrected chi connectivity index (χ0v) is 26.5. The third-order valence-corrected chi connectivity index (χ3v) is 12.1. The van der Waals surface area contributed by atoms with E-state index in [9.17, 15) is 9.50 Å². The predicted octanol–water partition coefficient (Wildman–Crippen LogP) is 5.62. The summed E-state index contributed by atoms with van der Waals surface area (Å²) in [5, 5.41) is 16.9. The maximum atomic E-state index is 15.0. The molecular formula is C35H42ClFN6O2. The number of aromatic hydroxyl groups is 1. The molecular weight excluding hydrogens is 591 g/mol. The number of phenolic OH excluding ortho intramolecular Hbond substituents is 1. The Kier molecular flexibility index (Phi) is 6.83. The van der Waals surface area contributed by atoms with Crippen LogP contribution in [0.2, 0.25) is 5.02 Å². The highest BCUT2D eigenvalue weighted by atomic mass is 35.5. The number of rotatable bonds is 5. The van der Waals surface area contributed by atoms with Crippen LogP contribution in [0.1, 0.15) is 62.6 Å². The number of anilines is 2. The Morgan fingerprint density at radius 3 is 2.73 bits per heavy atom. The molecule has 1 saturated carbocycles. The molecule has 5 aliphatic heterocycles. The van der Waals surface area contributed by atoms with E-state index in [-0.39, 0.29) is 11.3 Å². The number of fused-ring (bicyclic) bond motifs is 7. The summed E-state index contributed by atoms with van der Waals surface area (Å²) in [5.74, 6) is 1.86. The molecule has 2 unspecified atom stereocenters. The minimum absolute atomic E-state index is 0.220. The van der Waals surface area contributed by atoms with Crippen LogP contribution in [0.3, 0.4) is 0 Å². The molecule has 0 radical (unpaired) electrons. The molecule has 8 nitrogen and oxygen atoms in total. The normalized spacial score (nSPS) is 32.5. The standard InChI is InChI=1S/C35H42ClFN6O2/c36-28-6-3-5-21-12-26(44)13-31(32(21)28)41-11-10-27-29(19-41)39-34(40-33(27)42-17-24-8-9-25(18-42)38-24)45-20-35-14-22-4-1-2-7-30(22)43(35)16-23(37)15-35/h3,5-6,12-13,22-25,30,38,44H,1-2,4,7-11,14-20H2/t22-,23-,24?,25?,30-,35-/m1/s1. The number of halogens is 2. The second-order valence-electron chi connectivity index (χ2n) is 14.6. The summed E-state index contributed by atoms with van der Waals surface area (Å²) < 4.78 is 21.6. The van der Waals surface area contributed by atoms with Crippen molar-refractivity contribution < 1.29 is 14.2 Å². The van der Waals surface area contributed by atoms with Gasteiger partial charge in [0.25, 0.3) is 0 Å². The van der Waals surface area contributed by atoms with Gasteiger partial charge >= 0.3 is 6.01 Å². The molecule has 5 fully saturated rings. The molecule has 238 valence electrons. The fraction of sp³-hybridized carbons (Fsp3) is 0.600. The minimum atomic E-state index is -0.801. The Bertz CT molecular complexity index is 1630. The van der Waals surface area contributed by atoms with Crippen molar-refractivity contribution in [3.05, 3.63) is 46.6 Å². The largest absolute Gasteiger partial charge is 0.508 e. The van der Waals surface area contributed by atoms with Gasteiger partial charge in [-0.05, 0) is 62.0 Å². The minimum Gasteiger partial charge on any atom is -0.508 e. The number of benzene rings is 2. The summed E-state index contributed by atoms with van der Waals surface area (Å²) in [6.45, 7) is 4.16. The first kappa shape index (κ1) is 28.4. The Balaban J connectivity index is 1.06. The van der Waals surface area contributed by atoms with Gasteiger partial charge in [0.05, 0.1) is 28.5 Å². The van der Waals surface area contributed by atoms with E-state index in [1.165, 1.54) is 44.1 Å². The third kappa shape index (κ3) is 4.83. The van der Waals surface area contributed by atoms with Gasteiger partial charge in [-0.15, -0.1) is 0 Å². The number of nitrogens with one attached hydrogen (secondary N) is 1. The molecule has 6 atom stereocenters. The van der Waals surface area contributed by atoms with Crippen LogP contribution >= 0.6 is 11.6 Å². The van der Waals surface area contributed by atoms with Crippen molar-refractivity contribution in [3.63, 3.8) is 0 Å². The van der Waals surface area contributed by atoms with Crippen LogP contribution in [0.4, 0.5) is 15.9 Å². The lowest BCUT2D eigenvalue weighted by atomic mass is 9.81. The van der Waals surface area contributed by atoms with Gasteiger partial charge < -0.3 is 25.0 Å². The summed E-state index contributed by atoms with van der Waals surface area (Å²) >= 11 is 6.72. The lowest BCUT2D eigenvalue weighted by Gasteiger charge is -2.38. The molecule has 45 heavy (non-hydrogen) atoms. The number of phenols is 1. The van der Waals surface area contributed by atoms with Crippen LogP contribution < -0.4 is 19.9 Å². The Morgan fingerprint density at radius 2 is 1.87 bits per heavy atom. The molecule has 10 heteroatoms. The highest BCUT2D eigenvalue weighted by Crippen LogP contribution is 2.51. The second kappa shape index (κ2) is 10.8. The molecule has 2 aromatic carbocycles. The SMILES string of the molecule is Oc1cc(N2CCc3c(nc(OC[C@@]45C[C@@H](F)CN4[C@@H]4CCCC[C@@H]4C5)nc3N3CC4CCC(C3)N4)C2)c2c(Cl)cccc2c1. The molecule has 2 bridgehead atoms. The van der Waals surface area contributed by atoms with E-state index in [0.29, 0.717) is 61.2 Å². The molecule has 1 aliphatic carbocycles. The highest BCUT2D eigenvalue weighted by molar-refractivity contribution is 6.36. The van der Waals surface area contributed by atoms with Gasteiger partial charge in [-0.2, -0.15) is 9.97 Å². The number of nitrogens with zero attached hydrogens (tertiary/aromatic N) is 5. The number of hydrogen-bond donors (Lipinski definition) is 2. The fourth-order valence-electron chi connectivity index (χ4n) is 9.90. The first-order chi connectivity index (χ1) is 21.9. The van der Waals surface area contributed by atoms with Crippen LogP contribution in [0, 0.1) is 5.92 Å². The molecule has 1 aromatic heterocycles. The van der Waals surface area contributed by atoms with Crippen molar-refractivity contribution in [3.8, 4) is 11.8 Å². The molecule has 0 amide bonds. The van der Waals surface area contributed by atoms with Gasteiger partial charge in [0.1, 0.15) is 24.3 Å². The lowest BCUT2D eigenvalue weighted by molar-refractivity contribution is 0.0772. The molecule has 9 rings (SSSR count). The van der Waals surface area contributed by atoms with Gasteiger partial charge in [0, 0.05) is 67.7 Å². The Morgan fingerprint density at radius 1 is 1.02 bits per heavy atom. The first-order valence-corrected chi connectivity index (χ1v) is 17.4. The number of hydrogen-bond acceptors (Lipinski definition) is 8. The summed E-state index contributed by atoms with van der Waals surface area (Å²) in [5.41, 5.74) is 2.79. The summed E-state index contributed by atoms with van der Waals surface area (Å²) in [7, 11) is 0. The molecule has 6 aliphatic rings. The molecule has 3 aromatic rings. The van der Waals surface area contributed by atoms with Crippen molar-refractivity contribution in [1.82, 2.24) is 20.2 Å². The Labute approximate surface area is 268 Å². The Hall–Kier alpha value is -2.88. The van der Waals surface area contributed by atoms with Gasteiger partial charge in [0.2, 0.25) is 0 Å². The third-order valence-electron chi connectivity index (χ3n) is 11.8. The maximum Gasteiger partial charge on any atom is 0.318 e. The van der Waals surface area contributed by atoms with Crippen LogP contribution in [-0.2, 0) is 13.0 Å². The molecule has 6 heterocycles. The predicted molar refractivity (Wildman–Crippen MR) is 174 cm³/mol. The van der Waals surface area contributed by atoms with Crippen LogP contribution in [0.5, 0.6) is 11.8 Å². The van der Waals surface area contributed by atoms with Crippen molar-refractivity contribution in [2.24, 2.45) is 5.92 Å². The van der Waals surface area contributed by atoms with Crippen molar-refractivity contribution >= 4 is 33.9 Å². The highest BCUT2D eigenvalue weighted by Gasteiger charge is 2.57. The van der Waals surface area contributed by atoms with E-state index in [4.69, 9.17) is 26.3 Å². The lowest BCUT2D eigenvalue weighted by Crippen LogP contribution is -2.52. The van der Waals surface area contributed by atoms with Crippen LogP contribution in [-0.4, -0.2) is 82.6 Å². The van der Waals surface area contributed by atoms with Crippen molar-refractivity contribution in [1.29, 1.82) is 0 Å². The topological polar surface area (TPSA) is 77.0 Å². The second-order valence-corrected chi connectivity index (χ2v) is 15.0. The smallest absolute Gasteiger partial charge is 0.318 e. The van der Waals surface area contributed by atoms with Gasteiger partial charge in [-0.3, -0.25) is 4.90 Å². The molecule has 4 saturated heterocycles. The first-order valence-electron chi connectivity index (χ1n) is 17.0. The summed E-state index contributed by atoms with van der Waals surface area (Å²) in [6.07, 6.45) is 8.87. The quantitative estimate of drug-likeness (QED) is 0.376. The van der Waals surface area contributed by atoms with Crippen molar-refractivity contribution in [2.75, 3.05) is 42.6 Å². The average Bonchev–Trinajstić information content (AvgIpc) is 3.65. The van der Waals surface area contributed by atoms with E-state index in [1.54, 1.807) is 6.07 Å².